The molecule has 1 saturated carbocycles. The second-order valence-corrected chi connectivity index (χ2v) is 4.04. The smallest absolute Gasteiger partial charge is 0.365 e. The SMILES string of the molecule is Cc1cc(C2CC2CC(F)(F)F)c[nH]1. The molecular weight excluding hydrogens is 191 g/mol. The molecule has 14 heavy (non-hydrogen) atoms. The molecule has 0 amide bonds. The van der Waals surface area contributed by atoms with Crippen molar-refractivity contribution in [1.82, 2.24) is 4.98 Å². The fourth-order valence-electron chi connectivity index (χ4n) is 1.92. The number of nitrogens with one attached hydrogen (secondary N) is 1. The maximum Gasteiger partial charge on any atom is 0.389 e. The Morgan fingerprint density at radius 1 is 1.50 bits per heavy atom. The molecular formula is C10H12F3N. The number of aromatic amines is 1. The third-order valence-electron chi connectivity index (χ3n) is 2.69. The van der Waals surface area contributed by atoms with Gasteiger partial charge in [0.05, 0.1) is 0 Å². The fraction of sp³-hybridized carbons (Fsp3) is 0.600. The van der Waals surface area contributed by atoms with Crippen molar-refractivity contribution in [2.45, 2.75) is 31.9 Å². The molecule has 0 bridgehead atoms. The Morgan fingerprint density at radius 2 is 2.21 bits per heavy atom. The molecule has 1 aromatic rings. The summed E-state index contributed by atoms with van der Waals surface area (Å²) in [6, 6.07) is 1.93. The van der Waals surface area contributed by atoms with Crippen LogP contribution in [0.4, 0.5) is 13.2 Å². The van der Waals surface area contributed by atoms with Gasteiger partial charge in [-0.05, 0) is 36.8 Å². The zero-order valence-corrected chi connectivity index (χ0v) is 7.86. The van der Waals surface area contributed by atoms with Gasteiger partial charge in [0.2, 0.25) is 0 Å². The molecule has 2 rings (SSSR count). The zero-order chi connectivity index (χ0) is 10.3. The van der Waals surface area contributed by atoms with Crippen molar-refractivity contribution in [1.29, 1.82) is 0 Å². The molecule has 1 N–H and O–H groups in total. The summed E-state index contributed by atoms with van der Waals surface area (Å²) in [5.74, 6) is -0.0632. The molecule has 1 aliphatic rings. The van der Waals surface area contributed by atoms with E-state index in [0.29, 0.717) is 6.42 Å². The standard InChI is InChI=1S/C10H12F3N/c1-6-2-8(5-14-6)9-3-7(9)4-10(11,12)13/h2,5,7,9,14H,3-4H2,1H3. The van der Waals surface area contributed by atoms with E-state index in [-0.39, 0.29) is 11.8 Å². The van der Waals surface area contributed by atoms with Crippen LogP contribution >= 0.6 is 0 Å². The molecule has 2 unspecified atom stereocenters. The summed E-state index contributed by atoms with van der Waals surface area (Å²) < 4.78 is 36.1. The van der Waals surface area contributed by atoms with E-state index >= 15 is 0 Å². The van der Waals surface area contributed by atoms with Gasteiger partial charge >= 0.3 is 6.18 Å². The average molecular weight is 203 g/mol. The van der Waals surface area contributed by atoms with E-state index in [0.717, 1.165) is 11.3 Å². The number of rotatable bonds is 2. The predicted octanol–water partition coefficient (Wildman–Crippen LogP) is 3.38. The summed E-state index contributed by atoms with van der Waals surface area (Å²) in [5, 5.41) is 0. The lowest BCUT2D eigenvalue weighted by Gasteiger charge is -2.03. The Kier molecular flexibility index (Phi) is 2.09. The highest BCUT2D eigenvalue weighted by Gasteiger charge is 2.45. The van der Waals surface area contributed by atoms with Crippen LogP contribution in [0, 0.1) is 12.8 Å². The first-order chi connectivity index (χ1) is 6.46. The Bertz CT molecular complexity index is 326. The van der Waals surface area contributed by atoms with Gasteiger partial charge in [0.1, 0.15) is 0 Å². The van der Waals surface area contributed by atoms with E-state index in [9.17, 15) is 13.2 Å². The number of hydrogen-bond acceptors (Lipinski definition) is 0. The van der Waals surface area contributed by atoms with Crippen molar-refractivity contribution in [2.75, 3.05) is 0 Å². The van der Waals surface area contributed by atoms with Crippen LogP contribution in [0.5, 0.6) is 0 Å². The van der Waals surface area contributed by atoms with E-state index in [4.69, 9.17) is 0 Å². The van der Waals surface area contributed by atoms with Crippen LogP contribution in [-0.4, -0.2) is 11.2 Å². The lowest BCUT2D eigenvalue weighted by atomic mass is 10.1. The van der Waals surface area contributed by atoms with Gasteiger partial charge in [0.25, 0.3) is 0 Å². The molecule has 0 aliphatic heterocycles. The van der Waals surface area contributed by atoms with E-state index in [1.54, 1.807) is 0 Å². The van der Waals surface area contributed by atoms with Crippen LogP contribution in [0.3, 0.4) is 0 Å². The second-order valence-electron chi connectivity index (χ2n) is 4.04. The summed E-state index contributed by atoms with van der Waals surface area (Å²) in [7, 11) is 0. The first kappa shape index (κ1) is 9.62. The van der Waals surface area contributed by atoms with Gasteiger partial charge in [-0.25, -0.2) is 0 Å². The van der Waals surface area contributed by atoms with Crippen LogP contribution in [0.2, 0.25) is 0 Å². The molecule has 4 heteroatoms. The number of hydrogen-bond donors (Lipinski definition) is 1. The van der Waals surface area contributed by atoms with Gasteiger partial charge in [-0.1, -0.05) is 0 Å². The van der Waals surface area contributed by atoms with E-state index in [1.165, 1.54) is 0 Å². The largest absolute Gasteiger partial charge is 0.389 e. The average Bonchev–Trinajstić information content (AvgIpc) is 2.60. The monoisotopic (exact) mass is 203 g/mol. The van der Waals surface area contributed by atoms with Gasteiger partial charge < -0.3 is 4.98 Å². The molecule has 1 aromatic heterocycles. The molecule has 1 aliphatic carbocycles. The highest BCUT2D eigenvalue weighted by Crippen LogP contribution is 2.52. The number of halogens is 3. The zero-order valence-electron chi connectivity index (χ0n) is 7.86. The van der Waals surface area contributed by atoms with Gasteiger partial charge in [0.15, 0.2) is 0 Å². The molecule has 1 nitrogen and oxygen atoms in total. The first-order valence-corrected chi connectivity index (χ1v) is 4.67. The number of H-pyrrole nitrogens is 1. The van der Waals surface area contributed by atoms with Gasteiger partial charge in [-0.15, -0.1) is 0 Å². The first-order valence-electron chi connectivity index (χ1n) is 4.67. The van der Waals surface area contributed by atoms with E-state index in [2.05, 4.69) is 4.98 Å². The second kappa shape index (κ2) is 3.04. The molecule has 0 radical (unpaired) electrons. The molecule has 0 aromatic carbocycles. The van der Waals surface area contributed by atoms with Crippen molar-refractivity contribution in [2.24, 2.45) is 5.92 Å². The van der Waals surface area contributed by atoms with Gasteiger partial charge in [-0.3, -0.25) is 0 Å². The Hall–Kier alpha value is -0.930. The molecule has 0 spiro atoms. The third-order valence-corrected chi connectivity index (χ3v) is 2.69. The molecule has 2 atom stereocenters. The minimum Gasteiger partial charge on any atom is -0.365 e. The van der Waals surface area contributed by atoms with Crippen LogP contribution in [0.1, 0.15) is 30.0 Å². The fourth-order valence-corrected chi connectivity index (χ4v) is 1.92. The molecule has 1 fully saturated rings. The topological polar surface area (TPSA) is 15.8 Å². The van der Waals surface area contributed by atoms with Crippen LogP contribution < -0.4 is 0 Å². The predicted molar refractivity (Wildman–Crippen MR) is 47.0 cm³/mol. The lowest BCUT2D eigenvalue weighted by molar-refractivity contribution is -0.138. The Morgan fingerprint density at radius 3 is 2.71 bits per heavy atom. The quantitative estimate of drug-likeness (QED) is 0.758. The highest BCUT2D eigenvalue weighted by atomic mass is 19.4. The van der Waals surface area contributed by atoms with Crippen molar-refractivity contribution < 1.29 is 13.2 Å². The third kappa shape index (κ3) is 2.11. The maximum atomic E-state index is 12.0. The summed E-state index contributed by atoms with van der Waals surface area (Å²) in [6.45, 7) is 1.91. The van der Waals surface area contributed by atoms with E-state index < -0.39 is 12.6 Å². The molecule has 0 saturated heterocycles. The van der Waals surface area contributed by atoms with Gasteiger partial charge in [-0.2, -0.15) is 13.2 Å². The molecule has 1 heterocycles. The van der Waals surface area contributed by atoms with Crippen LogP contribution in [0.25, 0.3) is 0 Å². The maximum absolute atomic E-state index is 12.0. The highest BCUT2D eigenvalue weighted by molar-refractivity contribution is 5.26. The normalized spacial score (nSPS) is 26.6. The number of aromatic nitrogens is 1. The lowest BCUT2D eigenvalue weighted by Crippen LogP contribution is -2.08. The van der Waals surface area contributed by atoms with Crippen molar-refractivity contribution in [3.05, 3.63) is 23.5 Å². The van der Waals surface area contributed by atoms with Crippen molar-refractivity contribution in [3.63, 3.8) is 0 Å². The minimum atomic E-state index is -4.01. The number of aryl methyl sites for hydroxylation is 1. The number of alkyl halides is 3. The Labute approximate surface area is 80.3 Å². The summed E-state index contributed by atoms with van der Waals surface area (Å²) in [4.78, 5) is 2.99. The van der Waals surface area contributed by atoms with Crippen LogP contribution in [0.15, 0.2) is 12.3 Å². The van der Waals surface area contributed by atoms with Crippen molar-refractivity contribution >= 4 is 0 Å². The summed E-state index contributed by atoms with van der Waals surface area (Å²) in [6.07, 6.45) is -2.15. The van der Waals surface area contributed by atoms with E-state index in [1.807, 2.05) is 19.2 Å². The van der Waals surface area contributed by atoms with Crippen LogP contribution in [-0.2, 0) is 0 Å². The minimum absolute atomic E-state index is 0.126. The summed E-state index contributed by atoms with van der Waals surface area (Å²) >= 11 is 0. The van der Waals surface area contributed by atoms with Gasteiger partial charge in [0, 0.05) is 18.3 Å². The molecule has 78 valence electrons. The summed E-state index contributed by atoms with van der Waals surface area (Å²) in [5.41, 5.74) is 2.04. The Balaban J connectivity index is 1.93. The van der Waals surface area contributed by atoms with Crippen molar-refractivity contribution in [3.8, 4) is 0 Å².